The van der Waals surface area contributed by atoms with Crippen LogP contribution in [0.15, 0.2) is 0 Å². The molecule has 0 radical (unpaired) electrons. The molecule has 1 saturated carbocycles. The highest BCUT2D eigenvalue weighted by atomic mass is 35.5. The van der Waals surface area contributed by atoms with Crippen molar-refractivity contribution in [1.29, 1.82) is 0 Å². The molecule has 2 aliphatic rings. The van der Waals surface area contributed by atoms with Gasteiger partial charge < -0.3 is 20.5 Å². The van der Waals surface area contributed by atoms with Gasteiger partial charge >= 0.3 is 0 Å². The van der Waals surface area contributed by atoms with Gasteiger partial charge in [0.1, 0.15) is 0 Å². The van der Waals surface area contributed by atoms with E-state index in [1.807, 2.05) is 32.6 Å². The zero-order valence-corrected chi connectivity index (χ0v) is 15.0. The number of aliphatic hydroxyl groups is 1. The van der Waals surface area contributed by atoms with Crippen molar-refractivity contribution in [2.45, 2.75) is 65.2 Å². The maximum absolute atomic E-state index is 12.5. The van der Waals surface area contributed by atoms with Crippen molar-refractivity contribution in [3.05, 3.63) is 0 Å². The van der Waals surface area contributed by atoms with Gasteiger partial charge in [-0.15, -0.1) is 12.4 Å². The number of aliphatic hydroxyl groups excluding tert-OH is 1. The topological polar surface area (TPSA) is 75.8 Å². The van der Waals surface area contributed by atoms with Gasteiger partial charge in [-0.25, -0.2) is 0 Å². The SMILES string of the molecule is CCOC1CC(O)C12CCN(C(=O)[C@@H](N)C(C)(C)C)CC2.Cl. The molecular formula is C16H31ClN2O3. The first kappa shape index (κ1) is 19.7. The zero-order chi connectivity index (χ0) is 15.8. The lowest BCUT2D eigenvalue weighted by Crippen LogP contribution is -2.64. The first-order valence-electron chi connectivity index (χ1n) is 8.06. The molecule has 2 fully saturated rings. The largest absolute Gasteiger partial charge is 0.392 e. The molecule has 0 bridgehead atoms. The molecule has 1 saturated heterocycles. The lowest BCUT2D eigenvalue weighted by Gasteiger charge is -2.56. The highest BCUT2D eigenvalue weighted by Crippen LogP contribution is 2.51. The van der Waals surface area contributed by atoms with Crippen molar-refractivity contribution in [3.63, 3.8) is 0 Å². The number of amides is 1. The maximum atomic E-state index is 12.5. The summed E-state index contributed by atoms with van der Waals surface area (Å²) in [7, 11) is 0. The van der Waals surface area contributed by atoms with E-state index >= 15 is 0 Å². The third kappa shape index (κ3) is 3.42. The van der Waals surface area contributed by atoms with E-state index in [0.717, 1.165) is 19.3 Å². The maximum Gasteiger partial charge on any atom is 0.240 e. The summed E-state index contributed by atoms with van der Waals surface area (Å²) in [5, 5.41) is 10.2. The molecule has 22 heavy (non-hydrogen) atoms. The van der Waals surface area contributed by atoms with Crippen LogP contribution in [0.1, 0.15) is 47.0 Å². The number of piperidine rings is 1. The van der Waals surface area contributed by atoms with Gasteiger partial charge in [0.15, 0.2) is 0 Å². The van der Waals surface area contributed by atoms with Crippen molar-refractivity contribution < 1.29 is 14.6 Å². The summed E-state index contributed by atoms with van der Waals surface area (Å²) < 4.78 is 5.75. The zero-order valence-electron chi connectivity index (χ0n) is 14.2. The summed E-state index contributed by atoms with van der Waals surface area (Å²) in [5.74, 6) is 0.0270. The smallest absolute Gasteiger partial charge is 0.240 e. The predicted octanol–water partition coefficient (Wildman–Crippen LogP) is 1.56. The highest BCUT2D eigenvalue weighted by Gasteiger charge is 2.56. The lowest BCUT2D eigenvalue weighted by molar-refractivity contribution is -0.210. The molecule has 0 aromatic carbocycles. The summed E-state index contributed by atoms with van der Waals surface area (Å²) in [6.07, 6.45) is 2.19. The van der Waals surface area contributed by atoms with E-state index in [1.54, 1.807) is 0 Å². The Balaban J connectivity index is 0.00000242. The van der Waals surface area contributed by atoms with Crippen LogP contribution in [0.5, 0.6) is 0 Å². The minimum atomic E-state index is -0.472. The number of nitrogens with two attached hydrogens (primary N) is 1. The van der Waals surface area contributed by atoms with Crippen LogP contribution in [0.25, 0.3) is 0 Å². The molecule has 130 valence electrons. The van der Waals surface area contributed by atoms with Crippen LogP contribution in [0.3, 0.4) is 0 Å². The lowest BCUT2D eigenvalue weighted by atomic mass is 9.58. The van der Waals surface area contributed by atoms with Gasteiger partial charge in [-0.3, -0.25) is 4.79 Å². The van der Waals surface area contributed by atoms with Crippen LogP contribution >= 0.6 is 12.4 Å². The van der Waals surface area contributed by atoms with Crippen LogP contribution in [0.2, 0.25) is 0 Å². The van der Waals surface area contributed by atoms with Gasteiger partial charge in [0.05, 0.1) is 18.2 Å². The van der Waals surface area contributed by atoms with Gasteiger partial charge in [-0.05, 0) is 25.2 Å². The normalized spacial score (nSPS) is 28.7. The van der Waals surface area contributed by atoms with E-state index < -0.39 is 6.04 Å². The summed E-state index contributed by atoms with van der Waals surface area (Å²) in [4.78, 5) is 14.3. The van der Waals surface area contributed by atoms with Gasteiger partial charge in [-0.1, -0.05) is 20.8 Å². The molecule has 1 aliphatic carbocycles. The van der Waals surface area contributed by atoms with Crippen molar-refractivity contribution in [1.82, 2.24) is 4.90 Å². The van der Waals surface area contributed by atoms with Crippen LogP contribution in [-0.4, -0.2) is 53.9 Å². The van der Waals surface area contributed by atoms with E-state index in [9.17, 15) is 9.90 Å². The third-order valence-corrected chi connectivity index (χ3v) is 5.32. The Labute approximate surface area is 140 Å². The molecule has 5 nitrogen and oxygen atoms in total. The Hall–Kier alpha value is -0.360. The van der Waals surface area contributed by atoms with E-state index in [-0.39, 0.29) is 41.4 Å². The number of carbonyl (C=O) groups is 1. The van der Waals surface area contributed by atoms with Crippen LogP contribution in [-0.2, 0) is 9.53 Å². The Bertz CT molecular complexity index is 387. The molecule has 1 aliphatic heterocycles. The average Bonchev–Trinajstić information content (AvgIpc) is 2.44. The van der Waals surface area contributed by atoms with E-state index in [1.165, 1.54) is 0 Å². The Kier molecular flexibility index (Phi) is 6.30. The van der Waals surface area contributed by atoms with Crippen molar-refractivity contribution in [2.75, 3.05) is 19.7 Å². The molecular weight excluding hydrogens is 304 g/mol. The second-order valence-electron chi connectivity index (χ2n) is 7.60. The molecule has 3 N–H and O–H groups in total. The van der Waals surface area contributed by atoms with E-state index in [4.69, 9.17) is 10.5 Å². The van der Waals surface area contributed by atoms with Gasteiger partial charge in [-0.2, -0.15) is 0 Å². The van der Waals surface area contributed by atoms with Crippen molar-refractivity contribution >= 4 is 18.3 Å². The fourth-order valence-electron chi connectivity index (χ4n) is 3.53. The van der Waals surface area contributed by atoms with Gasteiger partial charge in [0.25, 0.3) is 0 Å². The quantitative estimate of drug-likeness (QED) is 0.821. The van der Waals surface area contributed by atoms with Crippen LogP contribution in [0, 0.1) is 10.8 Å². The Morgan fingerprint density at radius 2 is 1.95 bits per heavy atom. The number of halogens is 1. The second-order valence-corrected chi connectivity index (χ2v) is 7.60. The number of ether oxygens (including phenoxy) is 1. The van der Waals surface area contributed by atoms with Crippen molar-refractivity contribution in [3.8, 4) is 0 Å². The third-order valence-electron chi connectivity index (χ3n) is 5.32. The van der Waals surface area contributed by atoms with E-state index in [0.29, 0.717) is 19.7 Å². The van der Waals surface area contributed by atoms with Crippen LogP contribution in [0.4, 0.5) is 0 Å². The fourth-order valence-corrected chi connectivity index (χ4v) is 3.53. The summed E-state index contributed by atoms with van der Waals surface area (Å²) in [6.45, 7) is 9.97. The highest BCUT2D eigenvalue weighted by molar-refractivity contribution is 5.85. The minimum absolute atomic E-state index is 0. The molecule has 2 rings (SSSR count). The summed E-state index contributed by atoms with van der Waals surface area (Å²) >= 11 is 0. The molecule has 0 aromatic rings. The molecule has 2 unspecified atom stereocenters. The fraction of sp³-hybridized carbons (Fsp3) is 0.938. The van der Waals surface area contributed by atoms with Gasteiger partial charge in [0.2, 0.25) is 5.91 Å². The molecule has 1 heterocycles. The number of rotatable bonds is 3. The number of nitrogens with zero attached hydrogens (tertiary/aromatic N) is 1. The van der Waals surface area contributed by atoms with E-state index in [2.05, 4.69) is 0 Å². The number of carbonyl (C=O) groups excluding carboxylic acids is 1. The average molecular weight is 335 g/mol. The Morgan fingerprint density at radius 1 is 1.41 bits per heavy atom. The minimum Gasteiger partial charge on any atom is -0.392 e. The molecule has 1 spiro atoms. The van der Waals surface area contributed by atoms with Crippen LogP contribution < -0.4 is 5.73 Å². The molecule has 0 aromatic heterocycles. The predicted molar refractivity (Wildman–Crippen MR) is 89.0 cm³/mol. The standard InChI is InChI=1S/C16H30N2O3.ClH/c1-5-21-12-10-11(19)16(12)6-8-18(9-7-16)14(20)13(17)15(2,3)4;/h11-13,19H,5-10,17H2,1-4H3;1H/t11?,12?,13-;/m1./s1. The number of hydrogen-bond donors (Lipinski definition) is 2. The first-order chi connectivity index (χ1) is 9.72. The summed E-state index contributed by atoms with van der Waals surface area (Å²) in [6, 6.07) is -0.472. The monoisotopic (exact) mass is 334 g/mol. The molecule has 6 heteroatoms. The number of likely N-dealkylation sites (tertiary alicyclic amines) is 1. The molecule has 3 atom stereocenters. The Morgan fingerprint density at radius 3 is 2.36 bits per heavy atom. The number of hydrogen-bond acceptors (Lipinski definition) is 4. The van der Waals surface area contributed by atoms with Crippen molar-refractivity contribution in [2.24, 2.45) is 16.6 Å². The first-order valence-corrected chi connectivity index (χ1v) is 8.06. The summed E-state index contributed by atoms with van der Waals surface area (Å²) in [5.41, 5.74) is 5.71. The van der Waals surface area contributed by atoms with Gasteiger partial charge in [0, 0.05) is 31.5 Å². The second kappa shape index (κ2) is 7.04. The molecule has 1 amide bonds.